The summed E-state index contributed by atoms with van der Waals surface area (Å²) in [6.07, 6.45) is 18.8. The molecule has 0 saturated carbocycles. The quantitative estimate of drug-likeness (QED) is 0.217. The molecule has 0 heterocycles. The van der Waals surface area contributed by atoms with Crippen molar-refractivity contribution in [3.8, 4) is 0 Å². The molecule has 0 aliphatic rings. The van der Waals surface area contributed by atoms with Crippen LogP contribution in [-0.2, 0) is 10.1 Å². The molecule has 0 unspecified atom stereocenters. The van der Waals surface area contributed by atoms with Gasteiger partial charge >= 0.3 is 0 Å². The van der Waals surface area contributed by atoms with Crippen molar-refractivity contribution in [1.82, 2.24) is 0 Å². The molecule has 21 heavy (non-hydrogen) atoms. The van der Waals surface area contributed by atoms with Crippen molar-refractivity contribution in [1.29, 1.82) is 0 Å². The summed E-state index contributed by atoms with van der Waals surface area (Å²) in [5.41, 5.74) is 0. The van der Waals surface area contributed by atoms with Crippen molar-refractivity contribution in [3.05, 3.63) is 12.2 Å². The average Bonchev–Trinajstić information content (AvgIpc) is 2.38. The predicted molar refractivity (Wildman–Crippen MR) is 92.4 cm³/mol. The van der Waals surface area contributed by atoms with E-state index in [-0.39, 0.29) is 35.3 Å². The van der Waals surface area contributed by atoms with Crippen LogP contribution >= 0.6 is 0 Å². The van der Waals surface area contributed by atoms with Gasteiger partial charge in [-0.1, -0.05) is 83.3 Å². The molecule has 3 nitrogen and oxygen atoms in total. The molecule has 0 spiro atoms. The van der Waals surface area contributed by atoms with Crippen LogP contribution in [0.3, 0.4) is 0 Å². The van der Waals surface area contributed by atoms with Crippen LogP contribution in [0.2, 0.25) is 0 Å². The number of hydrogen-bond donors (Lipinski definition) is 1. The Labute approximate surface area is 154 Å². The van der Waals surface area contributed by atoms with E-state index >= 15 is 0 Å². The van der Waals surface area contributed by atoms with Crippen LogP contribution < -0.4 is 0 Å². The first-order valence-electron chi connectivity index (χ1n) is 8.16. The van der Waals surface area contributed by atoms with E-state index in [1.54, 1.807) is 0 Å². The zero-order valence-corrected chi connectivity index (χ0v) is 16.8. The van der Waals surface area contributed by atoms with Gasteiger partial charge in [-0.2, -0.15) is 8.42 Å². The van der Waals surface area contributed by atoms with Crippen LogP contribution in [0.15, 0.2) is 12.2 Å². The van der Waals surface area contributed by atoms with Crippen LogP contribution in [0, 0.1) is 0 Å². The first kappa shape index (κ1) is 23.9. The van der Waals surface area contributed by atoms with E-state index in [0.717, 1.165) is 12.8 Å². The molecule has 1 radical (unpaired) electrons. The van der Waals surface area contributed by atoms with E-state index in [2.05, 4.69) is 6.92 Å². The Morgan fingerprint density at radius 3 is 1.62 bits per heavy atom. The third kappa shape index (κ3) is 23.1. The molecular weight excluding hydrogens is 295 g/mol. The molecule has 0 rings (SSSR count). The SMILES string of the molecule is CCCCCCCCCCCCCC=CCS(=O)(=O)O.[Na]. The first-order chi connectivity index (χ1) is 9.56. The summed E-state index contributed by atoms with van der Waals surface area (Å²) in [6, 6.07) is 0. The van der Waals surface area contributed by atoms with E-state index in [4.69, 9.17) is 4.55 Å². The summed E-state index contributed by atoms with van der Waals surface area (Å²) in [6.45, 7) is 2.25. The smallest absolute Gasteiger partial charge is 0.268 e. The second kappa shape index (κ2) is 17.0. The normalized spacial score (nSPS) is 11.7. The standard InChI is InChI=1S/C16H32O3S.Na/c1-2-3-4-5-6-7-8-9-10-11-12-13-14-15-16-20(17,18)19;/h14-15H,2-13,16H2,1H3,(H,17,18,19);. The Morgan fingerprint density at radius 1 is 0.762 bits per heavy atom. The van der Waals surface area contributed by atoms with Gasteiger partial charge in [0.05, 0.1) is 5.75 Å². The third-order valence-electron chi connectivity index (χ3n) is 3.45. The van der Waals surface area contributed by atoms with Gasteiger partial charge in [0.25, 0.3) is 10.1 Å². The molecule has 1 N–H and O–H groups in total. The molecule has 0 aliphatic heterocycles. The Bertz CT molecular complexity index is 326. The van der Waals surface area contributed by atoms with Gasteiger partial charge in [-0.3, -0.25) is 4.55 Å². The van der Waals surface area contributed by atoms with Gasteiger partial charge in [-0.15, -0.1) is 0 Å². The minimum atomic E-state index is -3.83. The van der Waals surface area contributed by atoms with Crippen LogP contribution in [0.5, 0.6) is 0 Å². The van der Waals surface area contributed by atoms with Gasteiger partial charge in [0.2, 0.25) is 0 Å². The zero-order valence-electron chi connectivity index (χ0n) is 14.0. The molecule has 0 aromatic carbocycles. The summed E-state index contributed by atoms with van der Waals surface area (Å²) in [4.78, 5) is 0. The molecule has 0 saturated heterocycles. The number of allylic oxidation sites excluding steroid dienone is 1. The van der Waals surface area contributed by atoms with Gasteiger partial charge in [0.1, 0.15) is 0 Å². The largest absolute Gasteiger partial charge is 0.285 e. The Morgan fingerprint density at radius 2 is 1.19 bits per heavy atom. The maximum atomic E-state index is 10.5. The van der Waals surface area contributed by atoms with Crippen molar-refractivity contribution < 1.29 is 13.0 Å². The van der Waals surface area contributed by atoms with Gasteiger partial charge in [-0.25, -0.2) is 0 Å². The molecule has 121 valence electrons. The number of unbranched alkanes of at least 4 members (excludes halogenated alkanes) is 11. The second-order valence-corrected chi connectivity index (χ2v) is 7.04. The van der Waals surface area contributed by atoms with Crippen molar-refractivity contribution in [2.24, 2.45) is 0 Å². The molecule has 0 amide bonds. The summed E-state index contributed by atoms with van der Waals surface area (Å²) >= 11 is 0. The number of hydrogen-bond acceptors (Lipinski definition) is 2. The van der Waals surface area contributed by atoms with E-state index < -0.39 is 10.1 Å². The van der Waals surface area contributed by atoms with E-state index in [1.807, 2.05) is 6.08 Å². The average molecular weight is 327 g/mol. The van der Waals surface area contributed by atoms with E-state index in [1.165, 1.54) is 70.3 Å². The van der Waals surface area contributed by atoms with Gasteiger partial charge in [0.15, 0.2) is 0 Å². The molecule has 0 bridgehead atoms. The van der Waals surface area contributed by atoms with E-state index in [0.29, 0.717) is 0 Å². The summed E-state index contributed by atoms with van der Waals surface area (Å²) in [5, 5.41) is 0. The van der Waals surface area contributed by atoms with Gasteiger partial charge < -0.3 is 0 Å². The van der Waals surface area contributed by atoms with Gasteiger partial charge in [-0.05, 0) is 12.8 Å². The van der Waals surface area contributed by atoms with Crippen LogP contribution in [-0.4, -0.2) is 48.3 Å². The van der Waals surface area contributed by atoms with Crippen molar-refractivity contribution in [2.45, 2.75) is 84.0 Å². The van der Waals surface area contributed by atoms with E-state index in [9.17, 15) is 8.42 Å². The minimum Gasteiger partial charge on any atom is -0.285 e. The molecule has 0 atom stereocenters. The predicted octanol–water partition coefficient (Wildman–Crippen LogP) is 4.75. The fourth-order valence-electron chi connectivity index (χ4n) is 2.23. The second-order valence-electron chi connectivity index (χ2n) is 5.54. The van der Waals surface area contributed by atoms with Crippen molar-refractivity contribution >= 4 is 39.7 Å². The monoisotopic (exact) mass is 327 g/mol. The summed E-state index contributed by atoms with van der Waals surface area (Å²) < 4.78 is 29.4. The van der Waals surface area contributed by atoms with Crippen molar-refractivity contribution in [3.63, 3.8) is 0 Å². The minimum absolute atomic E-state index is 0. The molecule has 0 fully saturated rings. The Balaban J connectivity index is 0. The van der Waals surface area contributed by atoms with Gasteiger partial charge in [0, 0.05) is 29.6 Å². The topological polar surface area (TPSA) is 54.4 Å². The fourth-order valence-corrected chi connectivity index (χ4v) is 2.61. The number of rotatable bonds is 14. The molecule has 0 aromatic rings. The maximum absolute atomic E-state index is 10.5. The Hall–Kier alpha value is 0.650. The fraction of sp³-hybridized carbons (Fsp3) is 0.875. The third-order valence-corrected chi connectivity index (χ3v) is 4.06. The van der Waals surface area contributed by atoms with Crippen LogP contribution in [0.1, 0.15) is 84.0 Å². The summed E-state index contributed by atoms with van der Waals surface area (Å²) in [7, 11) is -3.83. The summed E-state index contributed by atoms with van der Waals surface area (Å²) in [5.74, 6) is -0.259. The molecular formula is C16H32NaO3S. The van der Waals surface area contributed by atoms with Crippen LogP contribution in [0.25, 0.3) is 0 Å². The van der Waals surface area contributed by atoms with Crippen LogP contribution in [0.4, 0.5) is 0 Å². The molecule has 5 heteroatoms. The first-order valence-corrected chi connectivity index (χ1v) is 9.77. The Kier molecular flexibility index (Phi) is 19.4. The maximum Gasteiger partial charge on any atom is 0.268 e. The molecule has 0 aromatic heterocycles. The molecule has 0 aliphatic carbocycles. The van der Waals surface area contributed by atoms with Crippen molar-refractivity contribution in [2.75, 3.05) is 5.75 Å². The zero-order chi connectivity index (χ0) is 15.1.